The van der Waals surface area contributed by atoms with E-state index in [1.165, 1.54) is 22.2 Å². The number of fused-ring (bicyclic) bond motifs is 5. The van der Waals surface area contributed by atoms with Crippen molar-refractivity contribution in [2.45, 2.75) is 12.5 Å². The third-order valence-electron chi connectivity index (χ3n) is 3.38. The molecule has 1 aromatic heterocycles. The second-order valence-corrected chi connectivity index (χ2v) is 4.31. The van der Waals surface area contributed by atoms with Gasteiger partial charge in [-0.15, -0.1) is 0 Å². The molecule has 1 unspecified atom stereocenters. The molecule has 0 aliphatic carbocycles. The molecule has 1 aromatic carbocycles. The van der Waals surface area contributed by atoms with E-state index in [4.69, 9.17) is 0 Å². The summed E-state index contributed by atoms with van der Waals surface area (Å²) in [7, 11) is 0. The van der Waals surface area contributed by atoms with Crippen molar-refractivity contribution in [2.24, 2.45) is 9.98 Å². The fraction of sp³-hybridized carbons (Fsp3) is 0.231. The molecule has 0 amide bonds. The van der Waals surface area contributed by atoms with Crippen LogP contribution in [-0.2, 0) is 0 Å². The molecule has 2 aliphatic heterocycles. The summed E-state index contributed by atoms with van der Waals surface area (Å²) in [5, 5.41) is 1.27. The molecule has 0 saturated carbocycles. The molecule has 0 spiro atoms. The molecule has 78 valence electrons. The van der Waals surface area contributed by atoms with E-state index in [-0.39, 0.29) is 0 Å². The summed E-state index contributed by atoms with van der Waals surface area (Å²) >= 11 is 0. The van der Waals surface area contributed by atoms with Crippen LogP contribution in [-0.4, -0.2) is 29.5 Å². The van der Waals surface area contributed by atoms with Gasteiger partial charge in [-0.1, -0.05) is 18.2 Å². The van der Waals surface area contributed by atoms with Crippen LogP contribution >= 0.6 is 0 Å². The summed E-state index contributed by atoms with van der Waals surface area (Å²) in [5.74, 6) is 0. The Morgan fingerprint density at radius 2 is 2.19 bits per heavy atom. The highest BCUT2D eigenvalue weighted by molar-refractivity contribution is 6.20. The Kier molecular flexibility index (Phi) is 1.46. The van der Waals surface area contributed by atoms with E-state index in [0.717, 1.165) is 18.7 Å². The Hall–Kier alpha value is -1.90. The van der Waals surface area contributed by atoms with Gasteiger partial charge in [-0.2, -0.15) is 0 Å². The van der Waals surface area contributed by atoms with Crippen LogP contribution in [0.5, 0.6) is 0 Å². The van der Waals surface area contributed by atoms with Crippen LogP contribution < -0.4 is 0 Å². The van der Waals surface area contributed by atoms with Crippen molar-refractivity contribution in [3.05, 3.63) is 35.5 Å². The number of nitrogens with one attached hydrogen (secondary N) is 1. The second kappa shape index (κ2) is 2.82. The molecule has 1 atom stereocenters. The summed E-state index contributed by atoms with van der Waals surface area (Å²) in [6.45, 7) is 0.913. The standard InChI is InChI=1S/C13H11N3/c1-2-4-9-8(3-1)12-11(16-9)7-15-10-5-6-14-13(10)12/h1-4,7,10,16H,5-6H2. The van der Waals surface area contributed by atoms with E-state index in [9.17, 15) is 0 Å². The molecule has 1 N–H and O–H groups in total. The highest BCUT2D eigenvalue weighted by Gasteiger charge is 2.28. The quantitative estimate of drug-likeness (QED) is 0.690. The van der Waals surface area contributed by atoms with Gasteiger partial charge in [0, 0.05) is 29.2 Å². The lowest BCUT2D eigenvalue weighted by Crippen LogP contribution is -2.20. The second-order valence-electron chi connectivity index (χ2n) is 4.31. The summed E-state index contributed by atoms with van der Waals surface area (Å²) in [5.41, 5.74) is 4.73. The predicted molar refractivity (Wildman–Crippen MR) is 65.7 cm³/mol. The first-order valence-electron chi connectivity index (χ1n) is 5.62. The normalized spacial score (nSPS) is 22.0. The minimum absolute atomic E-state index is 0.298. The molecular weight excluding hydrogens is 198 g/mol. The molecule has 2 aliphatic rings. The van der Waals surface area contributed by atoms with Crippen molar-refractivity contribution < 1.29 is 0 Å². The Morgan fingerprint density at radius 3 is 3.19 bits per heavy atom. The molecule has 0 radical (unpaired) electrons. The average Bonchev–Trinajstić information content (AvgIpc) is 2.91. The van der Waals surface area contributed by atoms with Crippen LogP contribution in [0.2, 0.25) is 0 Å². The maximum atomic E-state index is 4.60. The molecule has 0 saturated heterocycles. The molecule has 3 nitrogen and oxygen atoms in total. The lowest BCUT2D eigenvalue weighted by Gasteiger charge is -2.13. The van der Waals surface area contributed by atoms with E-state index in [0.29, 0.717) is 6.04 Å². The van der Waals surface area contributed by atoms with Gasteiger partial charge in [-0.25, -0.2) is 0 Å². The van der Waals surface area contributed by atoms with E-state index in [2.05, 4.69) is 39.2 Å². The minimum atomic E-state index is 0.298. The SMILES string of the molecule is C1=NC2CCN=C2c2c1[nH]c1ccccc21. The third-order valence-corrected chi connectivity index (χ3v) is 3.38. The van der Waals surface area contributed by atoms with Gasteiger partial charge in [0.05, 0.1) is 17.4 Å². The number of hydrogen-bond acceptors (Lipinski definition) is 2. The Morgan fingerprint density at radius 1 is 1.25 bits per heavy atom. The van der Waals surface area contributed by atoms with Crippen LogP contribution in [0.25, 0.3) is 10.9 Å². The number of para-hydroxylation sites is 1. The zero-order valence-corrected chi connectivity index (χ0v) is 8.77. The third kappa shape index (κ3) is 0.927. The topological polar surface area (TPSA) is 40.5 Å². The van der Waals surface area contributed by atoms with Gasteiger partial charge >= 0.3 is 0 Å². The van der Waals surface area contributed by atoms with Crippen LogP contribution in [0, 0.1) is 0 Å². The first-order chi connectivity index (χ1) is 7.93. The van der Waals surface area contributed by atoms with Crippen LogP contribution in [0.3, 0.4) is 0 Å². The van der Waals surface area contributed by atoms with E-state index in [1.807, 2.05) is 6.21 Å². The van der Waals surface area contributed by atoms with Gasteiger partial charge in [0.25, 0.3) is 0 Å². The summed E-state index contributed by atoms with van der Waals surface area (Å²) in [4.78, 5) is 12.5. The smallest absolute Gasteiger partial charge is 0.0940 e. The molecule has 2 aromatic rings. The fourth-order valence-corrected chi connectivity index (χ4v) is 2.64. The van der Waals surface area contributed by atoms with Crippen LogP contribution in [0.1, 0.15) is 17.7 Å². The number of rotatable bonds is 0. The summed E-state index contributed by atoms with van der Waals surface area (Å²) in [6.07, 6.45) is 3.02. The Balaban J connectivity index is 2.12. The van der Waals surface area contributed by atoms with Crippen molar-refractivity contribution in [3.8, 4) is 0 Å². The largest absolute Gasteiger partial charge is 0.353 e. The molecule has 3 heteroatoms. The number of nitrogens with zero attached hydrogens (tertiary/aromatic N) is 2. The van der Waals surface area contributed by atoms with Gasteiger partial charge in [-0.05, 0) is 12.5 Å². The maximum absolute atomic E-state index is 4.60. The first kappa shape index (κ1) is 8.28. The average molecular weight is 209 g/mol. The maximum Gasteiger partial charge on any atom is 0.0940 e. The summed E-state index contributed by atoms with van der Waals surface area (Å²) < 4.78 is 0. The van der Waals surface area contributed by atoms with Crippen molar-refractivity contribution in [1.29, 1.82) is 0 Å². The zero-order chi connectivity index (χ0) is 10.5. The van der Waals surface area contributed by atoms with E-state index < -0.39 is 0 Å². The van der Waals surface area contributed by atoms with Gasteiger partial charge in [0.1, 0.15) is 0 Å². The fourth-order valence-electron chi connectivity index (χ4n) is 2.64. The van der Waals surface area contributed by atoms with E-state index in [1.54, 1.807) is 0 Å². The summed E-state index contributed by atoms with van der Waals surface area (Å²) in [6, 6.07) is 8.68. The molecule has 0 fully saturated rings. The van der Waals surface area contributed by atoms with Crippen LogP contribution in [0.15, 0.2) is 34.3 Å². The highest BCUT2D eigenvalue weighted by atomic mass is 14.9. The lowest BCUT2D eigenvalue weighted by molar-refractivity contribution is 0.823. The van der Waals surface area contributed by atoms with Crippen molar-refractivity contribution in [1.82, 2.24) is 4.98 Å². The number of aromatic nitrogens is 1. The Bertz CT molecular complexity index is 634. The number of benzene rings is 1. The van der Waals surface area contributed by atoms with E-state index >= 15 is 0 Å². The lowest BCUT2D eigenvalue weighted by atomic mass is 9.98. The molecule has 4 rings (SSSR count). The number of aliphatic imine (C=N–C) groups is 2. The number of hydrogen-bond donors (Lipinski definition) is 1. The number of aromatic amines is 1. The molecule has 16 heavy (non-hydrogen) atoms. The minimum Gasteiger partial charge on any atom is -0.353 e. The Labute approximate surface area is 92.9 Å². The molecular formula is C13H11N3. The van der Waals surface area contributed by atoms with Gasteiger partial charge in [-0.3, -0.25) is 9.98 Å². The van der Waals surface area contributed by atoms with Crippen LogP contribution in [0.4, 0.5) is 0 Å². The molecule has 0 bridgehead atoms. The van der Waals surface area contributed by atoms with Crippen molar-refractivity contribution >= 4 is 22.8 Å². The van der Waals surface area contributed by atoms with Crippen molar-refractivity contribution in [2.75, 3.05) is 6.54 Å². The monoisotopic (exact) mass is 209 g/mol. The first-order valence-corrected chi connectivity index (χ1v) is 5.62. The van der Waals surface area contributed by atoms with Gasteiger partial charge < -0.3 is 4.98 Å². The number of H-pyrrole nitrogens is 1. The predicted octanol–water partition coefficient (Wildman–Crippen LogP) is 2.16. The zero-order valence-electron chi connectivity index (χ0n) is 8.77. The highest BCUT2D eigenvalue weighted by Crippen LogP contribution is 2.29. The van der Waals surface area contributed by atoms with Crippen molar-refractivity contribution in [3.63, 3.8) is 0 Å². The van der Waals surface area contributed by atoms with Gasteiger partial charge in [0.15, 0.2) is 0 Å². The molecule has 3 heterocycles. The van der Waals surface area contributed by atoms with Gasteiger partial charge in [0.2, 0.25) is 0 Å².